The van der Waals surface area contributed by atoms with E-state index in [0.717, 1.165) is 30.2 Å². The average molecular weight is 318 g/mol. The van der Waals surface area contributed by atoms with E-state index < -0.39 is 9.84 Å². The van der Waals surface area contributed by atoms with Crippen molar-refractivity contribution in [2.45, 2.75) is 25.4 Å². The maximum absolute atomic E-state index is 12.2. The zero-order chi connectivity index (χ0) is 14.6. The van der Waals surface area contributed by atoms with Gasteiger partial charge < -0.3 is 9.73 Å². The molecule has 1 unspecified atom stereocenters. The summed E-state index contributed by atoms with van der Waals surface area (Å²) >= 11 is 1.71. The minimum atomic E-state index is -3.04. The highest BCUT2D eigenvalue weighted by molar-refractivity contribution is 8.01. The lowest BCUT2D eigenvalue weighted by atomic mass is 10.3. The van der Waals surface area contributed by atoms with Crippen LogP contribution < -0.4 is 5.32 Å². The van der Waals surface area contributed by atoms with Crippen LogP contribution in [0.1, 0.15) is 18.2 Å². The van der Waals surface area contributed by atoms with Crippen molar-refractivity contribution in [3.05, 3.63) is 23.7 Å². The molecule has 1 N–H and O–H groups in total. The smallest absolute Gasteiger partial charge is 0.166 e. The maximum Gasteiger partial charge on any atom is 0.166 e. The highest BCUT2D eigenvalue weighted by Crippen LogP contribution is 2.24. The molecule has 0 aromatic carbocycles. The molecule has 0 radical (unpaired) electrons. The van der Waals surface area contributed by atoms with Gasteiger partial charge in [0.15, 0.2) is 9.84 Å². The molecule has 114 valence electrons. The molecule has 0 bridgehead atoms. The highest BCUT2D eigenvalue weighted by Gasteiger charge is 2.33. The second kappa shape index (κ2) is 6.98. The summed E-state index contributed by atoms with van der Waals surface area (Å²) in [6.07, 6.45) is 1.73. The highest BCUT2D eigenvalue weighted by atomic mass is 32.2. The van der Waals surface area contributed by atoms with Gasteiger partial charge in [-0.05, 0) is 13.1 Å². The Morgan fingerprint density at radius 1 is 1.55 bits per heavy atom. The third kappa shape index (κ3) is 3.78. The van der Waals surface area contributed by atoms with Crippen molar-refractivity contribution in [3.8, 4) is 0 Å². The molecule has 5 nitrogen and oxygen atoms in total. The van der Waals surface area contributed by atoms with Crippen molar-refractivity contribution in [2.75, 3.05) is 30.9 Å². The number of nitrogens with one attached hydrogen (secondary N) is 1. The molecule has 0 amide bonds. The number of rotatable bonds is 6. The maximum atomic E-state index is 12.2. The molecule has 2 rings (SSSR count). The summed E-state index contributed by atoms with van der Waals surface area (Å²) in [5.41, 5.74) is 1.09. The minimum absolute atomic E-state index is 0.192. The van der Waals surface area contributed by atoms with Gasteiger partial charge in [0.1, 0.15) is 11.1 Å². The number of nitrogens with zero attached hydrogens (tertiary/aromatic N) is 1. The van der Waals surface area contributed by atoms with E-state index in [1.165, 1.54) is 0 Å². The summed E-state index contributed by atoms with van der Waals surface area (Å²) in [6.45, 7) is 3.82. The zero-order valence-corrected chi connectivity index (χ0v) is 13.6. The summed E-state index contributed by atoms with van der Waals surface area (Å²) in [5.74, 6) is 2.65. The summed E-state index contributed by atoms with van der Waals surface area (Å²) < 4.78 is 29.9. The third-order valence-corrected chi connectivity index (χ3v) is 6.79. The molecule has 2 heterocycles. The van der Waals surface area contributed by atoms with Crippen molar-refractivity contribution in [2.24, 2.45) is 0 Å². The Hall–Kier alpha value is -0.500. The SMILES string of the molecule is CCS(=O)(=O)C1CSCCN1Cc1cc(CNC)co1. The number of hydrogen-bond acceptors (Lipinski definition) is 6. The van der Waals surface area contributed by atoms with Gasteiger partial charge in [-0.2, -0.15) is 11.8 Å². The van der Waals surface area contributed by atoms with Gasteiger partial charge in [-0.25, -0.2) is 8.42 Å². The van der Waals surface area contributed by atoms with Crippen LogP contribution in [0.15, 0.2) is 16.7 Å². The van der Waals surface area contributed by atoms with Gasteiger partial charge in [0.2, 0.25) is 0 Å². The molecule has 0 saturated carbocycles. The molecular weight excluding hydrogens is 296 g/mol. The van der Waals surface area contributed by atoms with E-state index in [4.69, 9.17) is 4.42 Å². The van der Waals surface area contributed by atoms with E-state index in [1.54, 1.807) is 24.9 Å². The fraction of sp³-hybridized carbons (Fsp3) is 0.692. The molecule has 20 heavy (non-hydrogen) atoms. The van der Waals surface area contributed by atoms with Crippen molar-refractivity contribution in [1.29, 1.82) is 0 Å². The minimum Gasteiger partial charge on any atom is -0.468 e. The lowest BCUT2D eigenvalue weighted by Gasteiger charge is -2.33. The molecule has 1 aliphatic heterocycles. The van der Waals surface area contributed by atoms with Gasteiger partial charge >= 0.3 is 0 Å². The number of hydrogen-bond donors (Lipinski definition) is 1. The molecule has 1 atom stereocenters. The topological polar surface area (TPSA) is 62.6 Å². The standard InChI is InChI=1S/C13H22N2O3S2/c1-3-20(16,17)13-10-19-5-4-15(13)8-12-6-11(7-14-2)9-18-12/h6,9,13-14H,3-5,7-8,10H2,1-2H3. The molecule has 1 aromatic rings. The quantitative estimate of drug-likeness (QED) is 0.853. The normalized spacial score (nSPS) is 21.2. The van der Waals surface area contributed by atoms with Crippen LogP contribution in [0.4, 0.5) is 0 Å². The molecule has 1 fully saturated rings. The van der Waals surface area contributed by atoms with Gasteiger partial charge in [-0.3, -0.25) is 4.90 Å². The van der Waals surface area contributed by atoms with Crippen molar-refractivity contribution in [1.82, 2.24) is 10.2 Å². The predicted octanol–water partition coefficient (Wildman–Crippen LogP) is 1.31. The van der Waals surface area contributed by atoms with Crippen molar-refractivity contribution in [3.63, 3.8) is 0 Å². The summed E-state index contributed by atoms with van der Waals surface area (Å²) in [5, 5.41) is 2.69. The van der Waals surface area contributed by atoms with E-state index >= 15 is 0 Å². The Kier molecular flexibility index (Phi) is 5.54. The van der Waals surface area contributed by atoms with Gasteiger partial charge in [-0.15, -0.1) is 0 Å². The Labute approximate surface area is 125 Å². The second-order valence-corrected chi connectivity index (χ2v) is 8.50. The van der Waals surface area contributed by atoms with Crippen LogP contribution in [0.25, 0.3) is 0 Å². The third-order valence-electron chi connectivity index (χ3n) is 3.46. The predicted molar refractivity (Wildman–Crippen MR) is 82.5 cm³/mol. The first-order valence-electron chi connectivity index (χ1n) is 6.81. The van der Waals surface area contributed by atoms with E-state index in [1.807, 2.05) is 18.0 Å². The van der Waals surface area contributed by atoms with Crippen LogP contribution in [0.3, 0.4) is 0 Å². The molecular formula is C13H22N2O3S2. The molecule has 1 aliphatic rings. The Bertz CT molecular complexity index is 527. The fourth-order valence-electron chi connectivity index (χ4n) is 2.33. The monoisotopic (exact) mass is 318 g/mol. The van der Waals surface area contributed by atoms with Gasteiger partial charge in [0, 0.05) is 35.9 Å². The molecule has 0 aliphatic carbocycles. The van der Waals surface area contributed by atoms with Crippen LogP contribution in [-0.4, -0.2) is 49.5 Å². The van der Waals surface area contributed by atoms with Crippen LogP contribution in [0.5, 0.6) is 0 Å². The summed E-state index contributed by atoms with van der Waals surface area (Å²) in [4.78, 5) is 2.03. The van der Waals surface area contributed by atoms with Crippen LogP contribution in [-0.2, 0) is 22.9 Å². The van der Waals surface area contributed by atoms with Gasteiger partial charge in [0.05, 0.1) is 12.8 Å². The van der Waals surface area contributed by atoms with Crippen molar-refractivity contribution >= 4 is 21.6 Å². The Morgan fingerprint density at radius 2 is 2.35 bits per heavy atom. The first-order valence-corrected chi connectivity index (χ1v) is 9.68. The van der Waals surface area contributed by atoms with Gasteiger partial charge in [-0.1, -0.05) is 6.92 Å². The first-order chi connectivity index (χ1) is 9.56. The summed E-state index contributed by atoms with van der Waals surface area (Å²) in [7, 11) is -1.16. The molecule has 0 spiro atoms. The number of thioether (sulfide) groups is 1. The van der Waals surface area contributed by atoms with E-state index in [9.17, 15) is 8.42 Å². The molecule has 7 heteroatoms. The van der Waals surface area contributed by atoms with E-state index in [0.29, 0.717) is 12.3 Å². The van der Waals surface area contributed by atoms with E-state index in [2.05, 4.69) is 5.32 Å². The zero-order valence-electron chi connectivity index (χ0n) is 12.0. The number of furan rings is 1. The van der Waals surface area contributed by atoms with Crippen LogP contribution in [0, 0.1) is 0 Å². The molecule has 1 saturated heterocycles. The number of sulfone groups is 1. The largest absolute Gasteiger partial charge is 0.468 e. The average Bonchev–Trinajstić information content (AvgIpc) is 2.87. The van der Waals surface area contributed by atoms with E-state index in [-0.39, 0.29) is 11.1 Å². The van der Waals surface area contributed by atoms with Gasteiger partial charge in [0.25, 0.3) is 0 Å². The van der Waals surface area contributed by atoms with Crippen LogP contribution in [0.2, 0.25) is 0 Å². The first kappa shape index (κ1) is 15.9. The lowest BCUT2D eigenvalue weighted by molar-refractivity contribution is 0.240. The van der Waals surface area contributed by atoms with Crippen LogP contribution >= 0.6 is 11.8 Å². The van der Waals surface area contributed by atoms with Crippen molar-refractivity contribution < 1.29 is 12.8 Å². The summed E-state index contributed by atoms with van der Waals surface area (Å²) in [6, 6.07) is 1.99. The molecule has 1 aromatic heterocycles. The second-order valence-electron chi connectivity index (χ2n) is 4.90. The fourth-order valence-corrected chi connectivity index (χ4v) is 5.41. The Balaban J connectivity index is 2.08. The Morgan fingerprint density at radius 3 is 3.05 bits per heavy atom. The lowest BCUT2D eigenvalue weighted by Crippen LogP contribution is -2.47.